The van der Waals surface area contributed by atoms with Gasteiger partial charge in [-0.1, -0.05) is 20.8 Å². The van der Waals surface area contributed by atoms with Crippen LogP contribution in [-0.4, -0.2) is 35.9 Å². The molecule has 0 saturated carbocycles. The van der Waals surface area contributed by atoms with Gasteiger partial charge >= 0.3 is 0 Å². The predicted molar refractivity (Wildman–Crippen MR) is 79.4 cm³/mol. The smallest absolute Gasteiger partial charge is 0.256 e. The zero-order chi connectivity index (χ0) is 15.1. The Labute approximate surface area is 120 Å². The van der Waals surface area contributed by atoms with Gasteiger partial charge in [0, 0.05) is 26.3 Å². The number of aromatic nitrogens is 1. The van der Waals surface area contributed by atoms with Crippen LogP contribution in [0, 0.1) is 11.7 Å². The predicted octanol–water partition coefficient (Wildman–Crippen LogP) is 3.16. The molecule has 4 nitrogen and oxygen atoms in total. The van der Waals surface area contributed by atoms with E-state index in [4.69, 9.17) is 0 Å². The Balaban J connectivity index is 2.82. The topological polar surface area (TPSA) is 45.2 Å². The van der Waals surface area contributed by atoms with Gasteiger partial charge in [-0.05, 0) is 24.8 Å². The molecule has 20 heavy (non-hydrogen) atoms. The number of rotatable bonds is 7. The summed E-state index contributed by atoms with van der Waals surface area (Å²) in [6.07, 6.45) is 3.23. The van der Waals surface area contributed by atoms with Crippen molar-refractivity contribution in [2.75, 3.05) is 25.5 Å². The lowest BCUT2D eigenvalue weighted by molar-refractivity contribution is 0.0784. The molecule has 0 aromatic carbocycles. The minimum absolute atomic E-state index is 0.0739. The van der Waals surface area contributed by atoms with Crippen molar-refractivity contribution >= 4 is 11.7 Å². The van der Waals surface area contributed by atoms with Crippen LogP contribution in [0.1, 0.15) is 44.0 Å². The monoisotopic (exact) mass is 281 g/mol. The van der Waals surface area contributed by atoms with Crippen molar-refractivity contribution in [1.82, 2.24) is 9.88 Å². The van der Waals surface area contributed by atoms with E-state index in [9.17, 15) is 9.18 Å². The molecule has 0 aliphatic carbocycles. The number of hydrogen-bond acceptors (Lipinski definition) is 3. The van der Waals surface area contributed by atoms with Gasteiger partial charge in [0.15, 0.2) is 11.6 Å². The van der Waals surface area contributed by atoms with Crippen molar-refractivity contribution in [1.29, 1.82) is 0 Å². The maximum atomic E-state index is 14.2. The van der Waals surface area contributed by atoms with E-state index in [2.05, 4.69) is 24.1 Å². The molecule has 0 aliphatic rings. The zero-order valence-corrected chi connectivity index (χ0v) is 12.7. The molecule has 0 radical (unpaired) electrons. The van der Waals surface area contributed by atoms with E-state index in [0.717, 1.165) is 12.8 Å². The van der Waals surface area contributed by atoms with E-state index < -0.39 is 5.82 Å². The molecular weight excluding hydrogens is 257 g/mol. The van der Waals surface area contributed by atoms with Crippen LogP contribution in [0.3, 0.4) is 0 Å². The summed E-state index contributed by atoms with van der Waals surface area (Å²) in [5.74, 6) is -0.211. The standard InChI is InChI=1S/C15H24FN3O/c1-5-8-17-14-13(16)12(6-9-18-14)15(20)19(4)10-7-11(2)3/h6,9,11H,5,7-8,10H2,1-4H3,(H,17,18). The highest BCUT2D eigenvalue weighted by Crippen LogP contribution is 2.17. The number of halogens is 1. The molecule has 0 fully saturated rings. The number of pyridine rings is 1. The SMILES string of the molecule is CCCNc1nccc(C(=O)N(C)CCC(C)C)c1F. The van der Waals surface area contributed by atoms with Gasteiger partial charge in [-0.15, -0.1) is 0 Å². The minimum Gasteiger partial charge on any atom is -0.368 e. The van der Waals surface area contributed by atoms with Crippen LogP contribution in [0.25, 0.3) is 0 Å². The maximum absolute atomic E-state index is 14.2. The molecule has 0 spiro atoms. The Morgan fingerprint density at radius 1 is 1.50 bits per heavy atom. The van der Waals surface area contributed by atoms with E-state index >= 15 is 0 Å². The largest absolute Gasteiger partial charge is 0.368 e. The van der Waals surface area contributed by atoms with Crippen molar-refractivity contribution in [3.05, 3.63) is 23.6 Å². The molecular formula is C15H24FN3O. The van der Waals surface area contributed by atoms with Gasteiger partial charge in [0.1, 0.15) is 0 Å². The average molecular weight is 281 g/mol. The molecule has 1 heterocycles. The molecule has 112 valence electrons. The number of nitrogens with one attached hydrogen (secondary N) is 1. The first-order valence-corrected chi connectivity index (χ1v) is 7.11. The van der Waals surface area contributed by atoms with Crippen molar-refractivity contribution in [3.63, 3.8) is 0 Å². The van der Waals surface area contributed by atoms with Crippen LogP contribution < -0.4 is 5.32 Å². The van der Waals surface area contributed by atoms with Gasteiger partial charge in [0.2, 0.25) is 0 Å². The summed E-state index contributed by atoms with van der Waals surface area (Å²) in [4.78, 5) is 17.7. The van der Waals surface area contributed by atoms with Crippen LogP contribution in [0.5, 0.6) is 0 Å². The molecule has 1 rings (SSSR count). The fourth-order valence-corrected chi connectivity index (χ4v) is 1.73. The molecule has 1 aromatic heterocycles. The van der Waals surface area contributed by atoms with Crippen molar-refractivity contribution in [3.8, 4) is 0 Å². The second-order valence-electron chi connectivity index (χ2n) is 5.36. The first-order chi connectivity index (χ1) is 9.47. The summed E-state index contributed by atoms with van der Waals surface area (Å²) in [6, 6.07) is 1.43. The Morgan fingerprint density at radius 3 is 2.80 bits per heavy atom. The summed E-state index contributed by atoms with van der Waals surface area (Å²) < 4.78 is 14.2. The highest BCUT2D eigenvalue weighted by Gasteiger charge is 2.19. The Morgan fingerprint density at radius 2 is 2.20 bits per heavy atom. The van der Waals surface area contributed by atoms with Crippen LogP contribution in [0.2, 0.25) is 0 Å². The van der Waals surface area contributed by atoms with Crippen LogP contribution in [0.4, 0.5) is 10.2 Å². The second kappa shape index (κ2) is 7.82. The number of carbonyl (C=O) groups excluding carboxylic acids is 1. The quantitative estimate of drug-likeness (QED) is 0.835. The average Bonchev–Trinajstić information content (AvgIpc) is 2.43. The van der Waals surface area contributed by atoms with Gasteiger partial charge in [0.05, 0.1) is 5.56 Å². The number of anilines is 1. The highest BCUT2D eigenvalue weighted by molar-refractivity contribution is 5.95. The number of carbonyl (C=O) groups is 1. The van der Waals surface area contributed by atoms with E-state index in [1.807, 2.05) is 6.92 Å². The Hall–Kier alpha value is -1.65. The third-order valence-corrected chi connectivity index (χ3v) is 3.05. The summed E-state index contributed by atoms with van der Waals surface area (Å²) in [6.45, 7) is 7.43. The fraction of sp³-hybridized carbons (Fsp3) is 0.600. The Bertz CT molecular complexity index is 449. The van der Waals surface area contributed by atoms with Crippen molar-refractivity contribution < 1.29 is 9.18 Å². The summed E-state index contributed by atoms with van der Waals surface area (Å²) in [5.41, 5.74) is 0.0739. The number of nitrogens with zero attached hydrogens (tertiary/aromatic N) is 2. The third-order valence-electron chi connectivity index (χ3n) is 3.05. The number of amides is 1. The molecule has 0 atom stereocenters. The minimum atomic E-state index is -0.567. The van der Waals surface area contributed by atoms with E-state index in [1.165, 1.54) is 12.3 Å². The lowest BCUT2D eigenvalue weighted by Gasteiger charge is -2.19. The van der Waals surface area contributed by atoms with Crippen LogP contribution >= 0.6 is 0 Å². The molecule has 0 aliphatic heterocycles. The van der Waals surface area contributed by atoms with E-state index in [1.54, 1.807) is 11.9 Å². The molecule has 1 N–H and O–H groups in total. The summed E-state index contributed by atoms with van der Waals surface area (Å²) in [5, 5.41) is 2.89. The summed E-state index contributed by atoms with van der Waals surface area (Å²) >= 11 is 0. The fourth-order valence-electron chi connectivity index (χ4n) is 1.73. The summed E-state index contributed by atoms with van der Waals surface area (Å²) in [7, 11) is 1.70. The van der Waals surface area contributed by atoms with E-state index in [-0.39, 0.29) is 17.3 Å². The van der Waals surface area contributed by atoms with Gasteiger partial charge in [-0.3, -0.25) is 4.79 Å². The molecule has 0 unspecified atom stereocenters. The normalized spacial score (nSPS) is 10.7. The lowest BCUT2D eigenvalue weighted by atomic mass is 10.1. The molecule has 0 saturated heterocycles. The first kappa shape index (κ1) is 16.4. The third kappa shape index (κ3) is 4.47. The zero-order valence-electron chi connectivity index (χ0n) is 12.7. The maximum Gasteiger partial charge on any atom is 0.256 e. The van der Waals surface area contributed by atoms with Crippen molar-refractivity contribution in [2.24, 2.45) is 5.92 Å². The van der Waals surface area contributed by atoms with Crippen molar-refractivity contribution in [2.45, 2.75) is 33.6 Å². The van der Waals surface area contributed by atoms with Gasteiger partial charge in [-0.25, -0.2) is 9.37 Å². The van der Waals surface area contributed by atoms with E-state index in [0.29, 0.717) is 19.0 Å². The Kier molecular flexibility index (Phi) is 6.42. The molecule has 1 aromatic rings. The van der Waals surface area contributed by atoms with Crippen LogP contribution in [-0.2, 0) is 0 Å². The molecule has 0 bridgehead atoms. The highest BCUT2D eigenvalue weighted by atomic mass is 19.1. The van der Waals surface area contributed by atoms with Gasteiger partial charge in [-0.2, -0.15) is 0 Å². The van der Waals surface area contributed by atoms with Gasteiger partial charge in [0.25, 0.3) is 5.91 Å². The van der Waals surface area contributed by atoms with Gasteiger partial charge < -0.3 is 10.2 Å². The first-order valence-electron chi connectivity index (χ1n) is 7.11. The van der Waals surface area contributed by atoms with Crippen LogP contribution in [0.15, 0.2) is 12.3 Å². The number of hydrogen-bond donors (Lipinski definition) is 1. The lowest BCUT2D eigenvalue weighted by Crippen LogP contribution is -2.29. The molecule has 1 amide bonds. The second-order valence-corrected chi connectivity index (χ2v) is 5.36. The molecule has 5 heteroatoms.